The van der Waals surface area contributed by atoms with Crippen molar-refractivity contribution in [1.29, 1.82) is 0 Å². The van der Waals surface area contributed by atoms with E-state index in [4.69, 9.17) is 0 Å². The Kier molecular flexibility index (Phi) is 7.62. The van der Waals surface area contributed by atoms with E-state index in [2.05, 4.69) is 202 Å². The van der Waals surface area contributed by atoms with Crippen LogP contribution in [0.3, 0.4) is 0 Å². The Morgan fingerprint density at radius 2 is 0.806 bits per heavy atom. The van der Waals surface area contributed by atoms with Gasteiger partial charge in [0, 0.05) is 38.7 Å². The van der Waals surface area contributed by atoms with Crippen molar-refractivity contribution in [1.82, 2.24) is 4.57 Å². The highest BCUT2D eigenvalue weighted by Gasteiger charge is 2.76. The van der Waals surface area contributed by atoms with E-state index in [1.807, 2.05) is 0 Å². The molecule has 8 saturated carbocycles. The molecule has 0 radical (unpaired) electrons. The van der Waals surface area contributed by atoms with Crippen molar-refractivity contribution in [3.05, 3.63) is 210 Å². The van der Waals surface area contributed by atoms with Crippen molar-refractivity contribution in [2.24, 2.45) is 52.8 Å². The Balaban J connectivity index is 0.817. The lowest BCUT2D eigenvalue weighted by Gasteiger charge is -2.64. The van der Waals surface area contributed by atoms with Crippen molar-refractivity contribution < 1.29 is 0 Å². The number of hydrogen-bond acceptors (Lipinski definition) is 2. The molecule has 0 N–H and O–H groups in total. The molecule has 9 aromatic rings. The number of anilines is 6. The largest absolute Gasteiger partial charge is 0.310 e. The topological polar surface area (TPSA) is 11.4 Å². The molecule has 3 heterocycles. The molecule has 350 valence electrons. The van der Waals surface area contributed by atoms with Crippen LogP contribution in [0.4, 0.5) is 34.1 Å². The Labute approximate surface area is 423 Å². The van der Waals surface area contributed by atoms with Gasteiger partial charge in [0.2, 0.25) is 0 Å². The average Bonchev–Trinajstić information content (AvgIpc) is 3.91. The summed E-state index contributed by atoms with van der Waals surface area (Å²) >= 11 is 0. The van der Waals surface area contributed by atoms with Gasteiger partial charge in [0.05, 0.1) is 33.8 Å². The first-order chi connectivity index (χ1) is 35.6. The summed E-state index contributed by atoms with van der Waals surface area (Å²) in [5.41, 5.74) is 21.1. The fraction of sp³-hybridized carbons (Fsp3) is 0.304. The van der Waals surface area contributed by atoms with Crippen LogP contribution in [-0.2, 0) is 10.8 Å². The lowest BCUT2D eigenvalue weighted by atomic mass is 9.41. The Hall–Kier alpha value is -6.84. The normalized spacial score (nSPS) is 29.6. The molecule has 2 aliphatic heterocycles. The minimum atomic E-state index is 0.0573. The zero-order valence-electron chi connectivity index (χ0n) is 40.9. The summed E-state index contributed by atoms with van der Waals surface area (Å²) in [4.78, 5) is 5.27. The summed E-state index contributed by atoms with van der Waals surface area (Å²) in [5, 5.41) is 2.58. The number of para-hydroxylation sites is 6. The van der Waals surface area contributed by atoms with Crippen LogP contribution in [0.1, 0.15) is 86.5 Å². The molecule has 19 rings (SSSR count). The second kappa shape index (κ2) is 13.8. The molecule has 8 aromatic carbocycles. The predicted molar refractivity (Wildman–Crippen MR) is 294 cm³/mol. The molecular formula is C69H59N3. The van der Waals surface area contributed by atoms with Crippen molar-refractivity contribution in [3.63, 3.8) is 0 Å². The van der Waals surface area contributed by atoms with E-state index in [0.29, 0.717) is 17.3 Å². The van der Waals surface area contributed by atoms with Gasteiger partial charge >= 0.3 is 0 Å². The predicted octanol–water partition coefficient (Wildman–Crippen LogP) is 17.5. The third kappa shape index (κ3) is 4.73. The van der Waals surface area contributed by atoms with Crippen LogP contribution >= 0.6 is 0 Å². The van der Waals surface area contributed by atoms with Gasteiger partial charge in [-0.15, -0.1) is 0 Å². The van der Waals surface area contributed by atoms with E-state index < -0.39 is 0 Å². The van der Waals surface area contributed by atoms with Crippen molar-refractivity contribution in [2.45, 2.75) is 75.0 Å². The monoisotopic (exact) mass is 929 g/mol. The summed E-state index contributed by atoms with van der Waals surface area (Å²) in [7, 11) is 0. The van der Waals surface area contributed by atoms with Crippen LogP contribution < -0.4 is 9.80 Å². The van der Waals surface area contributed by atoms with Crippen LogP contribution in [-0.4, -0.2) is 4.57 Å². The number of hydrogen-bond donors (Lipinski definition) is 0. The summed E-state index contributed by atoms with van der Waals surface area (Å²) in [6.07, 6.45) is 14.2. The maximum Gasteiger partial charge on any atom is 0.0541 e. The van der Waals surface area contributed by atoms with Crippen LogP contribution in [0.5, 0.6) is 0 Å². The molecule has 3 heteroatoms. The molecule has 5 atom stereocenters. The Morgan fingerprint density at radius 1 is 0.333 bits per heavy atom. The summed E-state index contributed by atoms with van der Waals surface area (Å²) in [5.74, 6) is 6.55. The lowest BCUT2D eigenvalue weighted by Crippen LogP contribution is -2.57. The van der Waals surface area contributed by atoms with Crippen molar-refractivity contribution >= 4 is 55.9 Å². The van der Waals surface area contributed by atoms with Gasteiger partial charge < -0.3 is 14.4 Å². The van der Waals surface area contributed by atoms with Gasteiger partial charge in [-0.25, -0.2) is 0 Å². The van der Waals surface area contributed by atoms with Crippen LogP contribution in [0, 0.1) is 52.8 Å². The third-order valence-corrected chi connectivity index (χ3v) is 22.0. The zero-order valence-corrected chi connectivity index (χ0v) is 40.9. The number of aromatic nitrogens is 1. The Morgan fingerprint density at radius 3 is 1.39 bits per heavy atom. The summed E-state index contributed by atoms with van der Waals surface area (Å²) in [6.45, 7) is 0. The third-order valence-electron chi connectivity index (χ3n) is 22.0. The maximum atomic E-state index is 2.65. The van der Waals surface area contributed by atoms with Crippen LogP contribution in [0.15, 0.2) is 188 Å². The molecule has 8 fully saturated rings. The van der Waals surface area contributed by atoms with E-state index in [0.717, 1.165) is 35.5 Å². The van der Waals surface area contributed by atoms with Gasteiger partial charge in [-0.3, -0.25) is 0 Å². The maximum absolute atomic E-state index is 2.65. The first kappa shape index (κ1) is 39.7. The number of rotatable bonds is 4. The molecule has 1 aromatic heterocycles. The standard InChI is InChI=1S/C69H59N3/c1-7-19-60-54(13-1)55-14-2-8-20-61(55)71(60)52-36-46(37-53(39-52)72-62-21-9-3-15-56(62)68(57-16-4-10-22-63(57)72)48-30-42-29-43(32-48)33-49(68)31-42)45-25-27-51(28-26-45)70-64-23-11-5-17-58(64)69(59-18-6-12-24-65(59)70)50-35-44-34-47-38-66(69)67(47,40-44)41-50/h1-28,36-37,39,42-44,47-50,66H,29-35,38,40-41H2/t42-,43+,44-,47-,48-,49?,50?,66-,67-/m1/s1. The highest BCUT2D eigenvalue weighted by Crippen LogP contribution is 2.83. The van der Waals surface area contributed by atoms with Crippen molar-refractivity contribution in [3.8, 4) is 16.8 Å². The highest BCUT2D eigenvalue weighted by molar-refractivity contribution is 6.09. The quantitative estimate of drug-likeness (QED) is 0.174. The van der Waals surface area contributed by atoms with E-state index in [1.165, 1.54) is 137 Å². The summed E-state index contributed by atoms with van der Waals surface area (Å²) < 4.78 is 2.53. The fourth-order valence-electron chi connectivity index (χ4n) is 20.2. The molecule has 72 heavy (non-hydrogen) atoms. The zero-order chi connectivity index (χ0) is 46.7. The molecule has 3 spiro atoms. The molecule has 7 bridgehead atoms. The van der Waals surface area contributed by atoms with E-state index >= 15 is 0 Å². The van der Waals surface area contributed by atoms with E-state index in [9.17, 15) is 0 Å². The first-order valence-corrected chi connectivity index (χ1v) is 27.8. The van der Waals surface area contributed by atoms with Gasteiger partial charge in [0.25, 0.3) is 0 Å². The van der Waals surface area contributed by atoms with Gasteiger partial charge in [0.1, 0.15) is 0 Å². The van der Waals surface area contributed by atoms with Crippen LogP contribution in [0.25, 0.3) is 38.6 Å². The van der Waals surface area contributed by atoms with E-state index in [1.54, 1.807) is 22.3 Å². The smallest absolute Gasteiger partial charge is 0.0541 e. The van der Waals surface area contributed by atoms with Gasteiger partial charge in [0.15, 0.2) is 0 Å². The molecule has 0 amide bonds. The average molecular weight is 930 g/mol. The molecule has 3 nitrogen and oxygen atoms in total. The molecule has 8 aliphatic carbocycles. The number of fused-ring (bicyclic) bond motifs is 13. The first-order valence-electron chi connectivity index (χ1n) is 27.8. The minimum absolute atomic E-state index is 0.0573. The number of nitrogens with zero attached hydrogens (tertiary/aromatic N) is 3. The van der Waals surface area contributed by atoms with Gasteiger partial charge in [-0.2, -0.15) is 0 Å². The van der Waals surface area contributed by atoms with Gasteiger partial charge in [-0.1, -0.05) is 121 Å². The van der Waals surface area contributed by atoms with E-state index in [-0.39, 0.29) is 10.8 Å². The van der Waals surface area contributed by atoms with Crippen molar-refractivity contribution in [2.75, 3.05) is 9.80 Å². The minimum Gasteiger partial charge on any atom is -0.310 e. The van der Waals surface area contributed by atoms with Crippen LogP contribution in [0.2, 0.25) is 0 Å². The molecule has 1 unspecified atom stereocenters. The fourth-order valence-corrected chi connectivity index (χ4v) is 20.2. The SMILES string of the molecule is c1ccc2c(c1)N(c1ccc(-c3cc(N4c5ccccc5C5(c6ccccc64)C4C[C@H]6C[C@@H](C4)C[C@@H]5C6)cc(-n4c5ccccc5c5ccccc54)c3)cc1)c1ccccc1C21C2C[C@H]3C[C@@H]4C[C@@H]1[C@@]4(C2)C3. The molecule has 0 saturated heterocycles. The van der Waals surface area contributed by atoms with Gasteiger partial charge in [-0.05, 0) is 217 Å². The molecular weight excluding hydrogens is 871 g/mol. The molecule has 10 aliphatic rings. The Bertz CT molecular complexity index is 3600. The summed E-state index contributed by atoms with van der Waals surface area (Å²) in [6, 6.07) is 73.6. The highest BCUT2D eigenvalue weighted by atomic mass is 15.2. The second-order valence-electron chi connectivity index (χ2n) is 24.6. The number of benzene rings is 8. The lowest BCUT2D eigenvalue weighted by molar-refractivity contribution is -0.0419. The second-order valence-corrected chi connectivity index (χ2v) is 24.6.